The Kier molecular flexibility index (Phi) is 2.66. The van der Waals surface area contributed by atoms with Gasteiger partial charge in [-0.05, 0) is 6.92 Å². The van der Waals surface area contributed by atoms with Crippen molar-refractivity contribution >= 4 is 28.3 Å². The highest BCUT2D eigenvalue weighted by molar-refractivity contribution is 7.14. The quantitative estimate of drug-likeness (QED) is 0.718. The van der Waals surface area contributed by atoms with Crippen LogP contribution in [0.2, 0.25) is 0 Å². The number of hydrogen-bond donors (Lipinski definition) is 0. The second-order valence-corrected chi connectivity index (χ2v) is 5.91. The van der Waals surface area contributed by atoms with Gasteiger partial charge in [-0.3, -0.25) is 9.59 Å². The second kappa shape index (κ2) is 3.77. The van der Waals surface area contributed by atoms with Crippen LogP contribution in [-0.4, -0.2) is 16.8 Å². The number of imide groups is 1. The molecule has 4 nitrogen and oxygen atoms in total. The van der Waals surface area contributed by atoms with Gasteiger partial charge in [-0.2, -0.15) is 0 Å². The van der Waals surface area contributed by atoms with Crippen molar-refractivity contribution in [3.63, 3.8) is 0 Å². The van der Waals surface area contributed by atoms with Gasteiger partial charge < -0.3 is 0 Å². The van der Waals surface area contributed by atoms with Gasteiger partial charge in [0.25, 0.3) is 11.8 Å². The van der Waals surface area contributed by atoms with Crippen molar-refractivity contribution in [2.24, 2.45) is 0 Å². The lowest BCUT2D eigenvalue weighted by Gasteiger charge is -2.15. The molecule has 0 aromatic carbocycles. The van der Waals surface area contributed by atoms with Crippen molar-refractivity contribution in [1.82, 2.24) is 4.98 Å². The minimum Gasteiger partial charge on any atom is -0.269 e. The monoisotopic (exact) mass is 250 g/mol. The van der Waals surface area contributed by atoms with Crippen LogP contribution in [0, 0.1) is 0 Å². The molecule has 0 fully saturated rings. The summed E-state index contributed by atoms with van der Waals surface area (Å²) >= 11 is 1.32. The molecule has 0 saturated carbocycles. The average Bonchev–Trinajstić information content (AvgIpc) is 2.73. The van der Waals surface area contributed by atoms with Gasteiger partial charge in [0, 0.05) is 22.4 Å². The van der Waals surface area contributed by atoms with Gasteiger partial charge >= 0.3 is 0 Å². The normalized spacial score (nSPS) is 16.7. The van der Waals surface area contributed by atoms with Crippen molar-refractivity contribution in [3.8, 4) is 0 Å². The average molecular weight is 250 g/mol. The third-order valence-corrected chi connectivity index (χ3v) is 3.38. The predicted molar refractivity (Wildman–Crippen MR) is 67.1 cm³/mol. The third kappa shape index (κ3) is 2.02. The number of rotatable bonds is 1. The van der Waals surface area contributed by atoms with E-state index in [0.29, 0.717) is 10.7 Å². The van der Waals surface area contributed by atoms with Crippen LogP contribution in [0.25, 0.3) is 0 Å². The standard InChI is InChI=1S/C12H14N2O2S/c1-7-5-9(15)14(10(7)16)11-13-8(6-17-11)12(2,3)4/h5-6H,1-4H3. The van der Waals surface area contributed by atoms with Crippen molar-refractivity contribution < 1.29 is 9.59 Å². The summed E-state index contributed by atoms with van der Waals surface area (Å²) in [6, 6.07) is 0. The molecule has 2 amide bonds. The first-order valence-corrected chi connectivity index (χ1v) is 6.21. The summed E-state index contributed by atoms with van der Waals surface area (Å²) in [5, 5.41) is 2.35. The highest BCUT2D eigenvalue weighted by Gasteiger charge is 2.32. The molecule has 5 heteroatoms. The molecule has 1 aromatic rings. The Balaban J connectivity index is 2.34. The second-order valence-electron chi connectivity index (χ2n) is 5.07. The maximum atomic E-state index is 11.8. The molecule has 0 bridgehead atoms. The molecule has 2 heterocycles. The van der Waals surface area contributed by atoms with Crippen LogP contribution in [0.3, 0.4) is 0 Å². The smallest absolute Gasteiger partial charge is 0.263 e. The Morgan fingerprint density at radius 3 is 2.35 bits per heavy atom. The van der Waals surface area contributed by atoms with Gasteiger partial charge in [-0.15, -0.1) is 11.3 Å². The van der Waals surface area contributed by atoms with Crippen molar-refractivity contribution in [2.45, 2.75) is 33.1 Å². The van der Waals surface area contributed by atoms with Crippen LogP contribution in [0.5, 0.6) is 0 Å². The van der Waals surface area contributed by atoms with Gasteiger partial charge in [0.2, 0.25) is 0 Å². The van der Waals surface area contributed by atoms with Gasteiger partial charge in [-0.1, -0.05) is 20.8 Å². The van der Waals surface area contributed by atoms with Gasteiger partial charge in [0.15, 0.2) is 5.13 Å². The van der Waals surface area contributed by atoms with E-state index in [2.05, 4.69) is 4.98 Å². The van der Waals surface area contributed by atoms with E-state index in [1.165, 1.54) is 17.4 Å². The van der Waals surface area contributed by atoms with Crippen LogP contribution in [0.4, 0.5) is 5.13 Å². The van der Waals surface area contributed by atoms with E-state index in [4.69, 9.17) is 0 Å². The number of carbonyl (C=O) groups excluding carboxylic acids is 2. The van der Waals surface area contributed by atoms with Crippen LogP contribution in [-0.2, 0) is 15.0 Å². The van der Waals surface area contributed by atoms with Crippen molar-refractivity contribution in [2.75, 3.05) is 4.90 Å². The molecule has 1 aromatic heterocycles. The highest BCUT2D eigenvalue weighted by Crippen LogP contribution is 2.30. The Labute approximate surface area is 104 Å². The summed E-state index contributed by atoms with van der Waals surface area (Å²) in [6.07, 6.45) is 1.35. The zero-order valence-electron chi connectivity index (χ0n) is 10.3. The number of amides is 2. The molecule has 2 rings (SSSR count). The lowest BCUT2D eigenvalue weighted by molar-refractivity contribution is -0.120. The molecule has 0 saturated heterocycles. The maximum Gasteiger partial charge on any atom is 0.263 e. The summed E-state index contributed by atoms with van der Waals surface area (Å²) in [5.74, 6) is -0.577. The zero-order valence-corrected chi connectivity index (χ0v) is 11.1. The molecular weight excluding hydrogens is 236 g/mol. The van der Waals surface area contributed by atoms with E-state index in [0.717, 1.165) is 10.6 Å². The first-order chi connectivity index (χ1) is 7.80. The summed E-state index contributed by atoms with van der Waals surface area (Å²) in [6.45, 7) is 7.77. The van der Waals surface area contributed by atoms with E-state index in [1.807, 2.05) is 26.2 Å². The molecule has 0 N–H and O–H groups in total. The van der Waals surface area contributed by atoms with Gasteiger partial charge in [0.1, 0.15) is 0 Å². The fraction of sp³-hybridized carbons (Fsp3) is 0.417. The molecule has 0 spiro atoms. The van der Waals surface area contributed by atoms with Crippen LogP contribution in [0.1, 0.15) is 33.4 Å². The van der Waals surface area contributed by atoms with Crippen LogP contribution in [0.15, 0.2) is 17.0 Å². The number of aromatic nitrogens is 1. The summed E-state index contributed by atoms with van der Waals surface area (Å²) in [5.41, 5.74) is 1.27. The number of carbonyl (C=O) groups is 2. The maximum absolute atomic E-state index is 11.8. The summed E-state index contributed by atoms with van der Waals surface area (Å²) in [4.78, 5) is 28.9. The molecule has 17 heavy (non-hydrogen) atoms. The molecular formula is C12H14N2O2S. The van der Waals surface area contributed by atoms with Crippen molar-refractivity contribution in [3.05, 3.63) is 22.7 Å². The predicted octanol–water partition coefficient (Wildman–Crippen LogP) is 2.26. The third-order valence-electron chi connectivity index (χ3n) is 2.55. The summed E-state index contributed by atoms with van der Waals surface area (Å²) in [7, 11) is 0. The molecule has 1 aliphatic heterocycles. The van der Waals surface area contributed by atoms with E-state index < -0.39 is 0 Å². The number of hydrogen-bond acceptors (Lipinski definition) is 4. The first-order valence-electron chi connectivity index (χ1n) is 5.33. The van der Waals surface area contributed by atoms with Crippen LogP contribution >= 0.6 is 11.3 Å². The van der Waals surface area contributed by atoms with E-state index >= 15 is 0 Å². The first kappa shape index (κ1) is 12.0. The lowest BCUT2D eigenvalue weighted by atomic mass is 9.93. The van der Waals surface area contributed by atoms with E-state index in [9.17, 15) is 9.59 Å². The lowest BCUT2D eigenvalue weighted by Crippen LogP contribution is -2.30. The molecule has 90 valence electrons. The van der Waals surface area contributed by atoms with Gasteiger partial charge in [-0.25, -0.2) is 9.88 Å². The number of nitrogens with zero attached hydrogens (tertiary/aromatic N) is 2. The van der Waals surface area contributed by atoms with E-state index in [1.54, 1.807) is 6.92 Å². The SMILES string of the molecule is CC1=CC(=O)N(c2nc(C(C)(C)C)cs2)C1=O. The largest absolute Gasteiger partial charge is 0.269 e. The molecule has 1 aliphatic rings. The fourth-order valence-corrected chi connectivity index (χ4v) is 2.53. The zero-order chi connectivity index (χ0) is 12.8. The Hall–Kier alpha value is -1.49. The Bertz CT molecular complexity index is 523. The fourth-order valence-electron chi connectivity index (χ4n) is 1.48. The van der Waals surface area contributed by atoms with E-state index in [-0.39, 0.29) is 17.2 Å². The molecule has 0 radical (unpaired) electrons. The highest BCUT2D eigenvalue weighted by atomic mass is 32.1. The minimum absolute atomic E-state index is 0.0803. The Morgan fingerprint density at radius 1 is 1.29 bits per heavy atom. The van der Waals surface area contributed by atoms with Gasteiger partial charge in [0.05, 0.1) is 5.69 Å². The number of thiazole rings is 1. The number of anilines is 1. The van der Waals surface area contributed by atoms with Crippen molar-refractivity contribution in [1.29, 1.82) is 0 Å². The summed E-state index contributed by atoms with van der Waals surface area (Å²) < 4.78 is 0. The molecule has 0 aliphatic carbocycles. The Morgan fingerprint density at radius 2 is 1.94 bits per heavy atom. The molecule has 0 unspecified atom stereocenters. The molecule has 0 atom stereocenters. The topological polar surface area (TPSA) is 50.3 Å². The minimum atomic E-state index is -0.303. The van der Waals surface area contributed by atoms with Crippen LogP contribution < -0.4 is 4.90 Å².